The number of aromatic amines is 1. The van der Waals surface area contributed by atoms with Gasteiger partial charge in [0.05, 0.1) is 39.8 Å². The van der Waals surface area contributed by atoms with Gasteiger partial charge < -0.3 is 44.6 Å². The molecule has 13 nitrogen and oxygen atoms in total. The predicted octanol–water partition coefficient (Wildman–Crippen LogP) is 0.648. The molecule has 5 unspecified atom stereocenters. The van der Waals surface area contributed by atoms with E-state index in [0.29, 0.717) is 26.7 Å². The van der Waals surface area contributed by atoms with Gasteiger partial charge in [0, 0.05) is 21.5 Å². The number of nitrogens with zero attached hydrogens (tertiary/aromatic N) is 2. The fourth-order valence-electron chi connectivity index (χ4n) is 6.35. The molecule has 2 fully saturated rings. The van der Waals surface area contributed by atoms with E-state index in [1.54, 1.807) is 24.3 Å². The minimum atomic E-state index is -2.11. The first-order chi connectivity index (χ1) is 18.6. The fraction of sp³-hybridized carbons (Fsp3) is 0.231. The van der Waals surface area contributed by atoms with E-state index in [1.165, 1.54) is 16.7 Å². The molecule has 3 aromatic carbocycles. The maximum atomic E-state index is 13.4. The molecule has 198 valence electrons. The average Bonchev–Trinajstić information content (AvgIpc) is 3.53. The van der Waals surface area contributed by atoms with Crippen molar-refractivity contribution in [2.45, 2.75) is 30.3 Å². The van der Waals surface area contributed by atoms with Crippen molar-refractivity contribution in [2.24, 2.45) is 5.84 Å². The van der Waals surface area contributed by atoms with Crippen LogP contribution < -0.4 is 5.84 Å². The van der Waals surface area contributed by atoms with E-state index < -0.39 is 42.1 Å². The number of fused-ring (bicyclic) bond motifs is 11. The number of carbonyl (C=O) groups excluding carboxylic acids is 2. The van der Waals surface area contributed by atoms with Crippen LogP contribution in [0.2, 0.25) is 0 Å². The summed E-state index contributed by atoms with van der Waals surface area (Å²) >= 11 is 0. The highest BCUT2D eigenvalue weighted by molar-refractivity contribution is 6.39. The van der Waals surface area contributed by atoms with Crippen molar-refractivity contribution in [1.82, 2.24) is 14.6 Å². The summed E-state index contributed by atoms with van der Waals surface area (Å²) in [5.41, 5.74) is 0.972. The van der Waals surface area contributed by atoms with Crippen molar-refractivity contribution in [3.63, 3.8) is 0 Å². The van der Waals surface area contributed by atoms with Crippen molar-refractivity contribution < 1.29 is 44.6 Å². The number of aromatic hydroxyl groups is 2. The highest BCUT2D eigenvalue weighted by atomic mass is 16.7. The van der Waals surface area contributed by atoms with Gasteiger partial charge in [-0.05, 0) is 12.1 Å². The van der Waals surface area contributed by atoms with Crippen LogP contribution in [0.15, 0.2) is 36.4 Å². The number of carbonyl (C=O) groups is 2. The molecule has 0 aliphatic carbocycles. The van der Waals surface area contributed by atoms with E-state index in [1.807, 2.05) is 0 Å². The molecule has 0 bridgehead atoms. The summed E-state index contributed by atoms with van der Waals surface area (Å²) < 4.78 is 12.6. The van der Waals surface area contributed by atoms with E-state index in [9.17, 15) is 35.1 Å². The average molecular weight is 532 g/mol. The third kappa shape index (κ3) is 2.46. The van der Waals surface area contributed by atoms with Crippen LogP contribution in [0.5, 0.6) is 11.5 Å². The summed E-state index contributed by atoms with van der Waals surface area (Å²) in [5, 5.41) is 56.1. The van der Waals surface area contributed by atoms with Gasteiger partial charge in [-0.25, -0.2) is 10.9 Å². The van der Waals surface area contributed by atoms with Gasteiger partial charge in [-0.1, -0.05) is 24.3 Å². The van der Waals surface area contributed by atoms with Gasteiger partial charge in [0.1, 0.15) is 29.8 Å². The number of benzene rings is 3. The smallest absolute Gasteiger partial charge is 0.276 e. The Labute approximate surface area is 216 Å². The Morgan fingerprint density at radius 2 is 1.59 bits per heavy atom. The lowest BCUT2D eigenvalue weighted by molar-refractivity contribution is -0.439. The SMILES string of the molecule is NN1C(=O)c2c(c3c4cccc(O)c4n(C4OC5COC5(O)C(O)C4O)c3c3[nH]c4c(O)cccc4c23)C1=O. The molecular formula is C26H20N4O9. The molecule has 5 atom stereocenters. The summed E-state index contributed by atoms with van der Waals surface area (Å²) in [7, 11) is 0. The van der Waals surface area contributed by atoms with Gasteiger partial charge in [-0.15, -0.1) is 0 Å². The summed E-state index contributed by atoms with van der Waals surface area (Å²) in [6, 6.07) is 9.31. The Balaban J connectivity index is 1.61. The minimum absolute atomic E-state index is 0.0158. The summed E-state index contributed by atoms with van der Waals surface area (Å²) in [6.07, 6.45) is -5.88. The summed E-state index contributed by atoms with van der Waals surface area (Å²) in [4.78, 5) is 29.9. The van der Waals surface area contributed by atoms with Crippen LogP contribution in [0, 0.1) is 0 Å². The lowest BCUT2D eigenvalue weighted by atomic mass is 9.90. The van der Waals surface area contributed by atoms with Gasteiger partial charge >= 0.3 is 0 Å². The van der Waals surface area contributed by atoms with Crippen LogP contribution in [0.25, 0.3) is 43.6 Å². The van der Waals surface area contributed by atoms with Crippen LogP contribution in [0.1, 0.15) is 26.9 Å². The molecule has 0 radical (unpaired) electrons. The largest absolute Gasteiger partial charge is 0.506 e. The van der Waals surface area contributed by atoms with Gasteiger partial charge in [0.15, 0.2) is 6.23 Å². The second-order valence-electron chi connectivity index (χ2n) is 10.1. The number of imide groups is 1. The number of aliphatic hydroxyl groups excluding tert-OH is 2. The Kier molecular flexibility index (Phi) is 4.10. The minimum Gasteiger partial charge on any atom is -0.506 e. The first-order valence-electron chi connectivity index (χ1n) is 12.1. The number of nitrogens with one attached hydrogen (secondary N) is 1. The number of aromatic nitrogens is 2. The molecule has 5 aromatic rings. The number of hydrogen-bond acceptors (Lipinski definition) is 10. The number of phenols is 2. The number of nitrogens with two attached hydrogens (primary N) is 1. The fourth-order valence-corrected chi connectivity index (χ4v) is 6.35. The highest BCUT2D eigenvalue weighted by Gasteiger charge is 2.62. The first-order valence-corrected chi connectivity index (χ1v) is 12.1. The molecule has 2 saturated heterocycles. The zero-order chi connectivity index (χ0) is 27.1. The number of hydrazine groups is 1. The molecular weight excluding hydrogens is 512 g/mol. The van der Waals surface area contributed by atoms with Crippen molar-refractivity contribution in [2.75, 3.05) is 6.61 Å². The van der Waals surface area contributed by atoms with E-state index in [2.05, 4.69) is 4.98 Å². The monoisotopic (exact) mass is 532 g/mol. The third-order valence-electron chi connectivity index (χ3n) is 8.19. The number of amides is 2. The number of ether oxygens (including phenoxy) is 2. The zero-order valence-corrected chi connectivity index (χ0v) is 19.8. The van der Waals surface area contributed by atoms with Gasteiger partial charge in [-0.3, -0.25) is 9.59 Å². The molecule has 3 aliphatic rings. The molecule has 13 heteroatoms. The maximum absolute atomic E-state index is 13.4. The zero-order valence-electron chi connectivity index (χ0n) is 19.8. The number of para-hydroxylation sites is 2. The van der Waals surface area contributed by atoms with Crippen molar-refractivity contribution in [3.05, 3.63) is 47.5 Å². The van der Waals surface area contributed by atoms with Crippen LogP contribution in [0.3, 0.4) is 0 Å². The Morgan fingerprint density at radius 3 is 2.28 bits per heavy atom. The standard InChI is InChI=1S/C26H20N4O9/c27-30-23(35)15-13-8-3-1-5-10(31)17(8)28-18(13)20-14(16(15)24(30)36)9-4-2-6-11(32)19(9)29(20)25-21(33)22(34)26(37)12(39-25)7-38-26/h1-6,12,21-22,25,28,31-34,37H,7,27H2. The second-order valence-corrected chi connectivity index (χ2v) is 10.1. The van der Waals surface area contributed by atoms with Crippen molar-refractivity contribution in [3.8, 4) is 11.5 Å². The van der Waals surface area contributed by atoms with Gasteiger partial charge in [0.2, 0.25) is 5.79 Å². The molecule has 8 N–H and O–H groups in total. The van der Waals surface area contributed by atoms with E-state index in [0.717, 1.165) is 0 Å². The molecule has 5 heterocycles. The van der Waals surface area contributed by atoms with Crippen LogP contribution >= 0.6 is 0 Å². The number of H-pyrrole nitrogens is 1. The quantitative estimate of drug-likeness (QED) is 0.0912. The number of phenolic OH excluding ortho intramolecular Hbond substituents is 2. The maximum Gasteiger partial charge on any atom is 0.276 e. The Bertz CT molecular complexity index is 1960. The molecule has 8 rings (SSSR count). The lowest BCUT2D eigenvalue weighted by Gasteiger charge is -2.54. The van der Waals surface area contributed by atoms with E-state index >= 15 is 0 Å². The number of aliphatic hydroxyl groups is 3. The number of rotatable bonds is 1. The van der Waals surface area contributed by atoms with E-state index in [-0.39, 0.29) is 51.2 Å². The lowest BCUT2D eigenvalue weighted by Crippen LogP contribution is -2.73. The van der Waals surface area contributed by atoms with E-state index in [4.69, 9.17) is 15.3 Å². The number of hydrogen-bond donors (Lipinski definition) is 7. The highest BCUT2D eigenvalue weighted by Crippen LogP contribution is 2.50. The van der Waals surface area contributed by atoms with Crippen LogP contribution in [0.4, 0.5) is 0 Å². The Morgan fingerprint density at radius 1 is 0.923 bits per heavy atom. The Hall–Kier alpha value is -4.24. The van der Waals surface area contributed by atoms with Crippen LogP contribution in [-0.4, -0.2) is 82.6 Å². The third-order valence-corrected chi connectivity index (χ3v) is 8.19. The second kappa shape index (κ2) is 7.04. The van der Waals surface area contributed by atoms with Gasteiger partial charge in [-0.2, -0.15) is 0 Å². The summed E-state index contributed by atoms with van der Waals surface area (Å²) in [6.45, 7) is -0.0555. The van der Waals surface area contributed by atoms with Crippen molar-refractivity contribution in [1.29, 1.82) is 0 Å². The molecule has 2 amide bonds. The molecule has 3 aliphatic heterocycles. The van der Waals surface area contributed by atoms with Crippen LogP contribution in [-0.2, 0) is 9.47 Å². The topological polar surface area (TPSA) is 204 Å². The predicted molar refractivity (Wildman–Crippen MR) is 134 cm³/mol. The molecule has 0 saturated carbocycles. The van der Waals surface area contributed by atoms with Gasteiger partial charge in [0.25, 0.3) is 11.8 Å². The molecule has 39 heavy (non-hydrogen) atoms. The molecule has 2 aromatic heterocycles. The molecule has 0 spiro atoms. The summed E-state index contributed by atoms with van der Waals surface area (Å²) in [5.74, 6) is 1.93. The first kappa shape index (κ1) is 22.7. The normalized spacial score (nSPS) is 28.6. The van der Waals surface area contributed by atoms with Crippen molar-refractivity contribution >= 4 is 55.4 Å².